The van der Waals surface area contributed by atoms with E-state index in [1.807, 2.05) is 25.1 Å². The summed E-state index contributed by atoms with van der Waals surface area (Å²) in [4.78, 5) is 17.1. The first-order valence-corrected chi connectivity index (χ1v) is 11.0. The van der Waals surface area contributed by atoms with Gasteiger partial charge in [0.2, 0.25) is 0 Å². The average Bonchev–Trinajstić information content (AvgIpc) is 3.21. The first kappa shape index (κ1) is 21.9. The summed E-state index contributed by atoms with van der Waals surface area (Å²) >= 11 is 0. The summed E-state index contributed by atoms with van der Waals surface area (Å²) in [5.41, 5.74) is 1.38. The maximum absolute atomic E-state index is 13.5. The molecular weight excluding hydrogens is 393 g/mol. The number of aromatic nitrogens is 1. The van der Waals surface area contributed by atoms with Crippen molar-refractivity contribution >= 4 is 5.97 Å². The molecule has 1 aromatic carbocycles. The third kappa shape index (κ3) is 3.57. The SMILES string of the molecule is C.CC1C[C@@]2(O)C(=O)OC(C)C2C2C(Cc3ccc(-c4cccc(F)c4)cn3)CCC12. The number of cyclic esters (lactones) is 1. The molecule has 5 rings (SSSR count). The minimum atomic E-state index is -1.34. The second-order valence-corrected chi connectivity index (χ2v) is 9.57. The molecule has 2 saturated carbocycles. The average molecular weight is 426 g/mol. The van der Waals surface area contributed by atoms with Gasteiger partial charge in [-0.25, -0.2) is 9.18 Å². The fourth-order valence-electron chi connectivity index (χ4n) is 6.62. The quantitative estimate of drug-likeness (QED) is 0.700. The molecule has 166 valence electrons. The van der Waals surface area contributed by atoms with Gasteiger partial charge in [0.05, 0.1) is 0 Å². The lowest BCUT2D eigenvalue weighted by molar-refractivity contribution is -0.161. The van der Waals surface area contributed by atoms with Crippen LogP contribution in [0.5, 0.6) is 0 Å². The molecule has 0 radical (unpaired) electrons. The summed E-state index contributed by atoms with van der Waals surface area (Å²) in [5.74, 6) is 0.642. The molecule has 1 N–H and O–H groups in total. The molecule has 2 heterocycles. The van der Waals surface area contributed by atoms with Gasteiger partial charge in [-0.1, -0.05) is 32.5 Å². The fraction of sp³-hybridized carbons (Fsp3) is 0.538. The first-order chi connectivity index (χ1) is 14.4. The van der Waals surface area contributed by atoms with E-state index in [0.717, 1.165) is 36.1 Å². The van der Waals surface area contributed by atoms with Gasteiger partial charge in [-0.05, 0) is 80.0 Å². The van der Waals surface area contributed by atoms with Crippen LogP contribution in [0.15, 0.2) is 42.6 Å². The van der Waals surface area contributed by atoms with Gasteiger partial charge in [-0.15, -0.1) is 0 Å². The number of carbonyl (C=O) groups excluding carboxylic acids is 1. The molecule has 0 spiro atoms. The summed E-state index contributed by atoms with van der Waals surface area (Å²) in [7, 11) is 0. The van der Waals surface area contributed by atoms with Gasteiger partial charge < -0.3 is 9.84 Å². The highest BCUT2D eigenvalue weighted by Gasteiger charge is 2.65. The van der Waals surface area contributed by atoms with Crippen LogP contribution in [0.4, 0.5) is 4.39 Å². The predicted octanol–water partition coefficient (Wildman–Crippen LogP) is 5.04. The van der Waals surface area contributed by atoms with Crippen LogP contribution in [0.1, 0.15) is 46.2 Å². The molecule has 1 aliphatic heterocycles. The summed E-state index contributed by atoms with van der Waals surface area (Å²) in [6.45, 7) is 4.09. The number of halogens is 1. The maximum Gasteiger partial charge on any atom is 0.338 e. The third-order valence-electron chi connectivity index (χ3n) is 7.85. The molecule has 3 fully saturated rings. The van der Waals surface area contributed by atoms with Crippen molar-refractivity contribution in [1.82, 2.24) is 4.98 Å². The Balaban J connectivity index is 0.00000231. The molecular formula is C26H32FNO3. The standard InChI is InChI=1S/C25H28FNO3.CH4/c1-14-12-25(29)23(15(2)30-24(25)28)22-17(7-9-21(14)22)11-20-8-6-18(13-27-20)16-4-3-5-19(26)10-16;/h3-6,8,10,13-15,17,21-23,29H,7,9,11-12H2,1-2H3;1H4/t14?,15?,17?,21?,22?,23?,25-;/m0./s1. The Labute approximate surface area is 183 Å². The lowest BCUT2D eigenvalue weighted by Crippen LogP contribution is -2.54. The van der Waals surface area contributed by atoms with Crippen LogP contribution in [-0.2, 0) is 16.0 Å². The summed E-state index contributed by atoms with van der Waals surface area (Å²) in [5, 5.41) is 11.2. The number of fused-ring (bicyclic) bond motifs is 3. The highest BCUT2D eigenvalue weighted by molar-refractivity contribution is 5.82. The normalized spacial score (nSPS) is 36.3. The highest BCUT2D eigenvalue weighted by atomic mass is 19.1. The van der Waals surface area contributed by atoms with Crippen LogP contribution >= 0.6 is 0 Å². The van der Waals surface area contributed by atoms with Gasteiger partial charge >= 0.3 is 5.97 Å². The van der Waals surface area contributed by atoms with Crippen LogP contribution in [0.2, 0.25) is 0 Å². The van der Waals surface area contributed by atoms with Crippen molar-refractivity contribution in [3.63, 3.8) is 0 Å². The molecule has 5 heteroatoms. The largest absolute Gasteiger partial charge is 0.460 e. The Bertz CT molecular complexity index is 961. The summed E-state index contributed by atoms with van der Waals surface area (Å²) in [6.07, 6.45) is 5.11. The molecule has 31 heavy (non-hydrogen) atoms. The van der Waals surface area contributed by atoms with E-state index >= 15 is 0 Å². The Morgan fingerprint density at radius 1 is 1.19 bits per heavy atom. The van der Waals surface area contributed by atoms with Crippen molar-refractivity contribution in [2.45, 2.75) is 58.7 Å². The Kier molecular flexibility index (Phi) is 5.67. The van der Waals surface area contributed by atoms with Crippen molar-refractivity contribution in [2.75, 3.05) is 0 Å². The molecule has 0 bridgehead atoms. The van der Waals surface area contributed by atoms with E-state index in [9.17, 15) is 14.3 Å². The van der Waals surface area contributed by atoms with Crippen molar-refractivity contribution < 1.29 is 19.0 Å². The number of carbonyl (C=O) groups is 1. The fourth-order valence-corrected chi connectivity index (χ4v) is 6.62. The number of benzene rings is 1. The van der Waals surface area contributed by atoms with Gasteiger partial charge in [0.25, 0.3) is 0 Å². The van der Waals surface area contributed by atoms with E-state index in [1.165, 1.54) is 12.1 Å². The zero-order valence-corrected chi connectivity index (χ0v) is 17.4. The second kappa shape index (κ2) is 8.01. The molecule has 1 aromatic heterocycles. The van der Waals surface area contributed by atoms with Crippen LogP contribution in [0, 0.1) is 35.4 Å². The van der Waals surface area contributed by atoms with Gasteiger partial charge in [0, 0.05) is 23.4 Å². The maximum atomic E-state index is 13.5. The molecule has 1 saturated heterocycles. The number of pyridine rings is 1. The molecule has 2 aromatic rings. The highest BCUT2D eigenvalue weighted by Crippen LogP contribution is 2.58. The number of aliphatic hydroxyl groups is 1. The van der Waals surface area contributed by atoms with Crippen molar-refractivity contribution in [3.05, 3.63) is 54.1 Å². The summed E-state index contributed by atoms with van der Waals surface area (Å²) in [6, 6.07) is 10.5. The minimum Gasteiger partial charge on any atom is -0.460 e. The molecule has 6 unspecified atom stereocenters. The summed E-state index contributed by atoms with van der Waals surface area (Å²) < 4.78 is 19.0. The van der Waals surface area contributed by atoms with Crippen molar-refractivity contribution in [2.24, 2.45) is 29.6 Å². The van der Waals surface area contributed by atoms with Gasteiger partial charge in [0.1, 0.15) is 11.9 Å². The topological polar surface area (TPSA) is 59.4 Å². The second-order valence-electron chi connectivity index (χ2n) is 9.57. The van der Waals surface area contributed by atoms with Gasteiger partial charge in [-0.2, -0.15) is 0 Å². The zero-order valence-electron chi connectivity index (χ0n) is 17.4. The number of ether oxygens (including phenoxy) is 1. The van der Waals surface area contributed by atoms with Gasteiger partial charge in [-0.3, -0.25) is 4.98 Å². The first-order valence-electron chi connectivity index (χ1n) is 11.0. The van der Waals surface area contributed by atoms with Crippen molar-refractivity contribution in [1.29, 1.82) is 0 Å². The Hall–Kier alpha value is -2.27. The zero-order chi connectivity index (χ0) is 21.0. The van der Waals surface area contributed by atoms with E-state index in [-0.39, 0.29) is 31.2 Å². The van der Waals surface area contributed by atoms with E-state index in [1.54, 1.807) is 12.3 Å². The van der Waals surface area contributed by atoms with E-state index in [0.29, 0.717) is 24.2 Å². The molecule has 3 aliphatic rings. The Morgan fingerprint density at radius 2 is 2.00 bits per heavy atom. The minimum absolute atomic E-state index is 0. The van der Waals surface area contributed by atoms with E-state index in [2.05, 4.69) is 11.9 Å². The van der Waals surface area contributed by atoms with Crippen LogP contribution < -0.4 is 0 Å². The van der Waals surface area contributed by atoms with E-state index in [4.69, 9.17) is 4.74 Å². The molecule has 4 nitrogen and oxygen atoms in total. The van der Waals surface area contributed by atoms with Gasteiger partial charge in [0.15, 0.2) is 5.60 Å². The number of hydrogen-bond donors (Lipinski definition) is 1. The number of rotatable bonds is 3. The monoisotopic (exact) mass is 425 g/mol. The molecule has 0 amide bonds. The predicted molar refractivity (Wildman–Crippen MR) is 118 cm³/mol. The molecule has 7 atom stereocenters. The smallest absolute Gasteiger partial charge is 0.338 e. The Morgan fingerprint density at radius 3 is 2.71 bits per heavy atom. The van der Waals surface area contributed by atoms with E-state index < -0.39 is 11.6 Å². The van der Waals surface area contributed by atoms with Crippen LogP contribution in [-0.4, -0.2) is 27.8 Å². The lowest BCUT2D eigenvalue weighted by Gasteiger charge is -2.45. The number of hydrogen-bond acceptors (Lipinski definition) is 4. The number of esters is 1. The third-order valence-corrected chi connectivity index (χ3v) is 7.85. The molecule has 2 aliphatic carbocycles. The van der Waals surface area contributed by atoms with Crippen molar-refractivity contribution in [3.8, 4) is 11.1 Å². The lowest BCUT2D eigenvalue weighted by atomic mass is 9.58. The van der Waals surface area contributed by atoms with Crippen LogP contribution in [0.25, 0.3) is 11.1 Å². The number of nitrogens with zero attached hydrogens (tertiary/aromatic N) is 1. The van der Waals surface area contributed by atoms with Crippen LogP contribution in [0.3, 0.4) is 0 Å².